The predicted molar refractivity (Wildman–Crippen MR) is 82.4 cm³/mol. The van der Waals surface area contributed by atoms with Gasteiger partial charge in [0.25, 0.3) is 0 Å². The first-order valence-electron chi connectivity index (χ1n) is 7.48. The first kappa shape index (κ1) is 14.5. The molecule has 0 spiro atoms. The normalized spacial score (nSPS) is 18.4. The van der Waals surface area contributed by atoms with Crippen molar-refractivity contribution in [3.63, 3.8) is 0 Å². The van der Waals surface area contributed by atoms with Gasteiger partial charge in [0.1, 0.15) is 0 Å². The number of carbonyl (C=O) groups is 2. The molecule has 1 atom stereocenters. The molecule has 0 saturated carbocycles. The number of aromatic nitrogens is 1. The van der Waals surface area contributed by atoms with Crippen LogP contribution in [0.15, 0.2) is 36.5 Å². The van der Waals surface area contributed by atoms with Crippen LogP contribution in [0.25, 0.3) is 10.9 Å². The number of carbonyl (C=O) groups excluding carboxylic acids is 1. The number of fused-ring (bicyclic) bond motifs is 1. The maximum Gasteiger partial charge on any atom is 0.308 e. The minimum Gasteiger partial charge on any atom is -0.481 e. The van der Waals surface area contributed by atoms with Crippen molar-refractivity contribution in [3.8, 4) is 0 Å². The number of carboxylic acids is 1. The molecule has 22 heavy (non-hydrogen) atoms. The van der Waals surface area contributed by atoms with Gasteiger partial charge in [0.05, 0.1) is 17.9 Å². The van der Waals surface area contributed by atoms with Crippen LogP contribution in [-0.2, 0) is 16.0 Å². The van der Waals surface area contributed by atoms with Crippen molar-refractivity contribution < 1.29 is 14.7 Å². The van der Waals surface area contributed by atoms with Crippen molar-refractivity contribution in [3.05, 3.63) is 42.1 Å². The van der Waals surface area contributed by atoms with E-state index >= 15 is 0 Å². The second-order valence-corrected chi connectivity index (χ2v) is 5.69. The summed E-state index contributed by atoms with van der Waals surface area (Å²) in [6, 6.07) is 9.64. The highest BCUT2D eigenvalue weighted by atomic mass is 16.4. The number of likely N-dealkylation sites (tertiary alicyclic amines) is 1. The van der Waals surface area contributed by atoms with Crippen LogP contribution in [0.2, 0.25) is 0 Å². The third kappa shape index (κ3) is 2.93. The Kier molecular flexibility index (Phi) is 4.04. The zero-order valence-electron chi connectivity index (χ0n) is 12.2. The van der Waals surface area contributed by atoms with E-state index in [0.717, 1.165) is 22.9 Å². The van der Waals surface area contributed by atoms with Crippen LogP contribution in [0.3, 0.4) is 0 Å². The van der Waals surface area contributed by atoms with Crippen LogP contribution in [0.5, 0.6) is 0 Å². The predicted octanol–water partition coefficient (Wildman–Crippen LogP) is 2.10. The van der Waals surface area contributed by atoms with E-state index in [2.05, 4.69) is 4.98 Å². The van der Waals surface area contributed by atoms with Crippen LogP contribution in [0.1, 0.15) is 18.4 Å². The van der Waals surface area contributed by atoms with Crippen molar-refractivity contribution in [1.82, 2.24) is 9.88 Å². The zero-order chi connectivity index (χ0) is 15.5. The van der Waals surface area contributed by atoms with Gasteiger partial charge in [-0.1, -0.05) is 24.3 Å². The summed E-state index contributed by atoms with van der Waals surface area (Å²) in [6.07, 6.45) is 3.38. The molecule has 5 nitrogen and oxygen atoms in total. The summed E-state index contributed by atoms with van der Waals surface area (Å²) in [7, 11) is 0. The number of aliphatic carboxylic acids is 1. The average Bonchev–Trinajstić information content (AvgIpc) is 2.55. The SMILES string of the molecule is O=C(O)C1CCCN(C(=O)Cc2cccc3cccnc23)C1. The molecule has 1 amide bonds. The Bertz CT molecular complexity index is 709. The molecule has 0 bridgehead atoms. The number of rotatable bonds is 3. The van der Waals surface area contributed by atoms with Crippen molar-refractivity contribution in [1.29, 1.82) is 0 Å². The highest BCUT2D eigenvalue weighted by Crippen LogP contribution is 2.20. The van der Waals surface area contributed by atoms with E-state index in [1.54, 1.807) is 11.1 Å². The number of para-hydroxylation sites is 1. The Morgan fingerprint density at radius 2 is 2.09 bits per heavy atom. The van der Waals surface area contributed by atoms with Gasteiger partial charge in [0.15, 0.2) is 0 Å². The van der Waals surface area contributed by atoms with Gasteiger partial charge in [-0.2, -0.15) is 0 Å². The summed E-state index contributed by atoms with van der Waals surface area (Å²) >= 11 is 0. The molecule has 1 N–H and O–H groups in total. The van der Waals surface area contributed by atoms with E-state index < -0.39 is 11.9 Å². The maximum absolute atomic E-state index is 12.5. The Morgan fingerprint density at radius 1 is 1.27 bits per heavy atom. The number of pyridine rings is 1. The molecule has 3 rings (SSSR count). The smallest absolute Gasteiger partial charge is 0.308 e. The zero-order valence-corrected chi connectivity index (χ0v) is 12.2. The van der Waals surface area contributed by atoms with Gasteiger partial charge in [-0.3, -0.25) is 14.6 Å². The number of hydrogen-bond donors (Lipinski definition) is 1. The van der Waals surface area contributed by atoms with Crippen LogP contribution in [-0.4, -0.2) is 40.0 Å². The van der Waals surface area contributed by atoms with Crippen molar-refractivity contribution in [2.45, 2.75) is 19.3 Å². The molecule has 0 radical (unpaired) electrons. The summed E-state index contributed by atoms with van der Waals surface area (Å²) in [5, 5.41) is 10.1. The molecule has 0 aliphatic carbocycles. The lowest BCUT2D eigenvalue weighted by Gasteiger charge is -2.30. The Hall–Kier alpha value is -2.43. The summed E-state index contributed by atoms with van der Waals surface area (Å²) < 4.78 is 0. The van der Waals surface area contributed by atoms with E-state index in [9.17, 15) is 9.59 Å². The molecule has 2 aromatic rings. The number of carboxylic acid groups (broad SMARTS) is 1. The molecule has 1 aliphatic heterocycles. The van der Waals surface area contributed by atoms with Gasteiger partial charge in [-0.25, -0.2) is 0 Å². The number of benzene rings is 1. The lowest BCUT2D eigenvalue weighted by atomic mass is 9.97. The minimum atomic E-state index is -0.815. The third-order valence-corrected chi connectivity index (χ3v) is 4.18. The fourth-order valence-corrected chi connectivity index (χ4v) is 2.99. The molecule has 1 aromatic carbocycles. The first-order chi connectivity index (χ1) is 10.6. The molecular weight excluding hydrogens is 280 g/mol. The largest absolute Gasteiger partial charge is 0.481 e. The molecule has 1 aliphatic rings. The minimum absolute atomic E-state index is 0.0240. The van der Waals surface area contributed by atoms with E-state index in [1.807, 2.05) is 30.3 Å². The first-order valence-corrected chi connectivity index (χ1v) is 7.48. The Balaban J connectivity index is 1.77. The van der Waals surface area contributed by atoms with Crippen molar-refractivity contribution in [2.75, 3.05) is 13.1 Å². The Morgan fingerprint density at radius 3 is 2.91 bits per heavy atom. The summed E-state index contributed by atoms with van der Waals surface area (Å²) in [6.45, 7) is 0.952. The lowest BCUT2D eigenvalue weighted by molar-refractivity contribution is -0.145. The number of hydrogen-bond acceptors (Lipinski definition) is 3. The number of nitrogens with zero attached hydrogens (tertiary/aromatic N) is 2. The summed E-state index contributed by atoms with van der Waals surface area (Å²) in [5.41, 5.74) is 1.73. The van der Waals surface area contributed by atoms with Gasteiger partial charge >= 0.3 is 5.97 Å². The van der Waals surface area contributed by atoms with E-state index in [4.69, 9.17) is 5.11 Å². The fraction of sp³-hybridized carbons (Fsp3) is 0.353. The van der Waals surface area contributed by atoms with Gasteiger partial charge in [0.2, 0.25) is 5.91 Å². The molecule has 114 valence electrons. The number of piperidine rings is 1. The van der Waals surface area contributed by atoms with Crippen LogP contribution >= 0.6 is 0 Å². The Labute approximate surface area is 128 Å². The quantitative estimate of drug-likeness (QED) is 0.942. The van der Waals surface area contributed by atoms with Crippen LogP contribution < -0.4 is 0 Å². The summed E-state index contributed by atoms with van der Waals surface area (Å²) in [5.74, 6) is -1.28. The van der Waals surface area contributed by atoms with Gasteiger partial charge in [-0.05, 0) is 24.5 Å². The van der Waals surface area contributed by atoms with Gasteiger partial charge in [0, 0.05) is 24.7 Å². The third-order valence-electron chi connectivity index (χ3n) is 4.18. The van der Waals surface area contributed by atoms with Crippen LogP contribution in [0, 0.1) is 5.92 Å². The highest BCUT2D eigenvalue weighted by molar-refractivity contribution is 5.87. The average molecular weight is 298 g/mol. The molecule has 1 saturated heterocycles. The lowest BCUT2D eigenvalue weighted by Crippen LogP contribution is -2.43. The van der Waals surface area contributed by atoms with Crippen molar-refractivity contribution in [2.24, 2.45) is 5.92 Å². The maximum atomic E-state index is 12.5. The molecule has 5 heteroatoms. The van der Waals surface area contributed by atoms with E-state index in [1.165, 1.54) is 0 Å². The highest BCUT2D eigenvalue weighted by Gasteiger charge is 2.28. The molecule has 1 aromatic heterocycles. The summed E-state index contributed by atoms with van der Waals surface area (Å²) in [4.78, 5) is 29.6. The van der Waals surface area contributed by atoms with E-state index in [-0.39, 0.29) is 12.3 Å². The second kappa shape index (κ2) is 6.13. The molecule has 1 fully saturated rings. The topological polar surface area (TPSA) is 70.5 Å². The molecular formula is C17H18N2O3. The second-order valence-electron chi connectivity index (χ2n) is 5.69. The number of amides is 1. The fourth-order valence-electron chi connectivity index (χ4n) is 2.99. The van der Waals surface area contributed by atoms with E-state index in [0.29, 0.717) is 19.5 Å². The van der Waals surface area contributed by atoms with Crippen molar-refractivity contribution >= 4 is 22.8 Å². The molecule has 1 unspecified atom stereocenters. The van der Waals surface area contributed by atoms with Crippen LogP contribution in [0.4, 0.5) is 0 Å². The monoisotopic (exact) mass is 298 g/mol. The van der Waals surface area contributed by atoms with Gasteiger partial charge < -0.3 is 10.0 Å². The van der Waals surface area contributed by atoms with Gasteiger partial charge in [-0.15, -0.1) is 0 Å². The molecule has 2 heterocycles. The standard InChI is InChI=1S/C17H18N2O3/c20-15(19-9-3-7-14(11-19)17(21)22)10-13-5-1-4-12-6-2-8-18-16(12)13/h1-2,4-6,8,14H,3,7,9-11H2,(H,21,22).